The fourth-order valence-electron chi connectivity index (χ4n) is 1.71. The van der Waals surface area contributed by atoms with Crippen molar-refractivity contribution in [2.24, 2.45) is 0 Å². The summed E-state index contributed by atoms with van der Waals surface area (Å²) in [7, 11) is -3.94. The first-order chi connectivity index (χ1) is 9.85. The molecular weight excluding hydrogens is 312 g/mol. The normalized spacial score (nSPS) is 10.9. The number of aromatic carboxylic acids is 1. The van der Waals surface area contributed by atoms with E-state index in [-0.39, 0.29) is 21.0 Å². The summed E-state index contributed by atoms with van der Waals surface area (Å²) in [5, 5.41) is 17.9. The van der Waals surface area contributed by atoms with Gasteiger partial charge >= 0.3 is 5.97 Å². The molecule has 21 heavy (non-hydrogen) atoms. The van der Waals surface area contributed by atoms with E-state index >= 15 is 0 Å². The van der Waals surface area contributed by atoms with Crippen LogP contribution in [0.4, 0.5) is 5.69 Å². The fraction of sp³-hybridized carbons (Fsp3) is 0.0769. The molecule has 0 amide bonds. The van der Waals surface area contributed by atoms with Crippen molar-refractivity contribution in [3.63, 3.8) is 0 Å². The summed E-state index contributed by atoms with van der Waals surface area (Å²) in [4.78, 5) is 11.1. The van der Waals surface area contributed by atoms with Gasteiger partial charge in [0.25, 0.3) is 10.0 Å². The summed E-state index contributed by atoms with van der Waals surface area (Å²) in [6.45, 7) is 1.53. The minimum absolute atomic E-state index is 0.0542. The molecular formula is C13H10N2O4S2. The standard InChI is InChI=1S/C13H10N2O4S2/c1-8-12(6-11(20-8)13(16)17)21(18,19)15-10-5-3-2-4-9(10)7-14/h2-6,15H,1H3,(H,16,17). The average molecular weight is 322 g/mol. The maximum Gasteiger partial charge on any atom is 0.345 e. The Kier molecular flexibility index (Phi) is 3.97. The van der Waals surface area contributed by atoms with Crippen molar-refractivity contribution in [1.29, 1.82) is 5.26 Å². The quantitative estimate of drug-likeness (QED) is 0.899. The van der Waals surface area contributed by atoms with Gasteiger partial charge < -0.3 is 5.11 Å². The Balaban J connectivity index is 2.44. The number of para-hydroxylation sites is 1. The van der Waals surface area contributed by atoms with Gasteiger partial charge in [-0.3, -0.25) is 4.72 Å². The zero-order chi connectivity index (χ0) is 15.6. The molecule has 2 rings (SSSR count). The number of nitrogens with one attached hydrogen (secondary N) is 1. The zero-order valence-electron chi connectivity index (χ0n) is 10.8. The third-order valence-electron chi connectivity index (χ3n) is 2.66. The van der Waals surface area contributed by atoms with E-state index in [0.717, 1.165) is 17.4 Å². The van der Waals surface area contributed by atoms with E-state index in [9.17, 15) is 13.2 Å². The first kappa shape index (κ1) is 15.0. The summed E-state index contributed by atoms with van der Waals surface area (Å²) < 4.78 is 27.0. The van der Waals surface area contributed by atoms with Gasteiger partial charge in [0.1, 0.15) is 15.8 Å². The van der Waals surface area contributed by atoms with Gasteiger partial charge in [-0.05, 0) is 25.1 Å². The van der Waals surface area contributed by atoms with Gasteiger partial charge in [-0.2, -0.15) is 5.26 Å². The molecule has 1 aromatic heterocycles. The highest BCUT2D eigenvalue weighted by molar-refractivity contribution is 7.93. The van der Waals surface area contributed by atoms with Crippen molar-refractivity contribution in [1.82, 2.24) is 0 Å². The topological polar surface area (TPSA) is 107 Å². The Morgan fingerprint density at radius 3 is 2.62 bits per heavy atom. The van der Waals surface area contributed by atoms with Crippen molar-refractivity contribution < 1.29 is 18.3 Å². The lowest BCUT2D eigenvalue weighted by atomic mass is 10.2. The molecule has 0 bridgehead atoms. The van der Waals surface area contributed by atoms with E-state index in [2.05, 4.69) is 4.72 Å². The molecule has 2 N–H and O–H groups in total. The second kappa shape index (κ2) is 5.55. The maximum atomic E-state index is 12.3. The van der Waals surface area contributed by atoms with Crippen LogP contribution in [0, 0.1) is 18.3 Å². The molecule has 1 heterocycles. The number of sulfonamides is 1. The van der Waals surface area contributed by atoms with Crippen molar-refractivity contribution >= 4 is 33.0 Å². The molecule has 0 saturated carbocycles. The second-order valence-corrected chi connectivity index (χ2v) is 7.01. The minimum Gasteiger partial charge on any atom is -0.477 e. The first-order valence-electron chi connectivity index (χ1n) is 5.71. The fourth-order valence-corrected chi connectivity index (χ4v) is 4.22. The number of nitrogens with zero attached hydrogens (tertiary/aromatic N) is 1. The third-order valence-corrected chi connectivity index (χ3v) is 5.32. The van der Waals surface area contributed by atoms with E-state index in [1.807, 2.05) is 6.07 Å². The molecule has 2 aromatic rings. The Morgan fingerprint density at radius 2 is 2.05 bits per heavy atom. The molecule has 0 aliphatic heterocycles. The number of nitriles is 1. The summed E-state index contributed by atoms with van der Waals surface area (Å²) in [6, 6.07) is 9.17. The summed E-state index contributed by atoms with van der Waals surface area (Å²) >= 11 is 0.886. The molecule has 0 fully saturated rings. The summed E-state index contributed by atoms with van der Waals surface area (Å²) in [5.74, 6) is -1.18. The highest BCUT2D eigenvalue weighted by Crippen LogP contribution is 2.28. The van der Waals surface area contributed by atoms with E-state index < -0.39 is 16.0 Å². The van der Waals surface area contributed by atoms with Gasteiger partial charge in [0.15, 0.2) is 0 Å². The third kappa shape index (κ3) is 3.04. The zero-order valence-corrected chi connectivity index (χ0v) is 12.5. The predicted octanol–water partition coefficient (Wildman–Crippen LogP) is 2.43. The van der Waals surface area contributed by atoms with Crippen LogP contribution < -0.4 is 4.72 Å². The largest absolute Gasteiger partial charge is 0.477 e. The molecule has 0 saturated heterocycles. The van der Waals surface area contributed by atoms with Crippen LogP contribution in [-0.4, -0.2) is 19.5 Å². The molecule has 6 nitrogen and oxygen atoms in total. The number of hydrogen-bond donors (Lipinski definition) is 2. The van der Waals surface area contributed by atoms with Crippen molar-refractivity contribution in [2.75, 3.05) is 4.72 Å². The van der Waals surface area contributed by atoms with Gasteiger partial charge in [0.2, 0.25) is 0 Å². The van der Waals surface area contributed by atoms with Gasteiger partial charge in [0.05, 0.1) is 11.3 Å². The monoisotopic (exact) mass is 322 g/mol. The van der Waals surface area contributed by atoms with Gasteiger partial charge in [-0.25, -0.2) is 13.2 Å². The highest BCUT2D eigenvalue weighted by atomic mass is 32.2. The highest BCUT2D eigenvalue weighted by Gasteiger charge is 2.23. The van der Waals surface area contributed by atoms with Crippen molar-refractivity contribution in [2.45, 2.75) is 11.8 Å². The number of carbonyl (C=O) groups is 1. The molecule has 0 atom stereocenters. The Morgan fingerprint density at radius 1 is 1.38 bits per heavy atom. The summed E-state index contributed by atoms with van der Waals surface area (Å²) in [5.41, 5.74) is 0.342. The Hall–Kier alpha value is -2.37. The summed E-state index contributed by atoms with van der Waals surface area (Å²) in [6.07, 6.45) is 0. The molecule has 0 radical (unpaired) electrons. The lowest BCUT2D eigenvalue weighted by Crippen LogP contribution is -2.14. The van der Waals surface area contributed by atoms with Crippen LogP contribution in [-0.2, 0) is 10.0 Å². The Bertz CT molecular complexity index is 847. The van der Waals surface area contributed by atoms with Crippen LogP contribution in [0.15, 0.2) is 35.2 Å². The smallest absolute Gasteiger partial charge is 0.345 e. The number of hydrogen-bond acceptors (Lipinski definition) is 5. The number of thiophene rings is 1. The van der Waals surface area contributed by atoms with Crippen molar-refractivity contribution in [3.05, 3.63) is 45.6 Å². The SMILES string of the molecule is Cc1sc(C(=O)O)cc1S(=O)(=O)Nc1ccccc1C#N. The minimum atomic E-state index is -3.94. The molecule has 0 aliphatic rings. The lowest BCUT2D eigenvalue weighted by Gasteiger charge is -2.08. The van der Waals surface area contributed by atoms with Gasteiger partial charge in [-0.15, -0.1) is 11.3 Å². The number of rotatable bonds is 4. The number of anilines is 1. The van der Waals surface area contributed by atoms with Crippen LogP contribution in [0.1, 0.15) is 20.1 Å². The van der Waals surface area contributed by atoms with Gasteiger partial charge in [0, 0.05) is 4.88 Å². The molecule has 0 spiro atoms. The van der Waals surface area contributed by atoms with Crippen LogP contribution >= 0.6 is 11.3 Å². The van der Waals surface area contributed by atoms with E-state index in [4.69, 9.17) is 10.4 Å². The molecule has 0 aliphatic carbocycles. The molecule has 108 valence electrons. The Labute approximate surface area is 125 Å². The average Bonchev–Trinajstić information content (AvgIpc) is 2.82. The number of aryl methyl sites for hydroxylation is 1. The predicted molar refractivity (Wildman–Crippen MR) is 78.0 cm³/mol. The van der Waals surface area contributed by atoms with Gasteiger partial charge in [-0.1, -0.05) is 12.1 Å². The maximum absolute atomic E-state index is 12.3. The van der Waals surface area contributed by atoms with E-state index in [1.165, 1.54) is 19.1 Å². The number of carboxylic acid groups (broad SMARTS) is 1. The van der Waals surface area contributed by atoms with Crippen LogP contribution in [0.2, 0.25) is 0 Å². The first-order valence-corrected chi connectivity index (χ1v) is 8.01. The molecule has 8 heteroatoms. The van der Waals surface area contributed by atoms with Crippen LogP contribution in [0.3, 0.4) is 0 Å². The lowest BCUT2D eigenvalue weighted by molar-refractivity contribution is 0.0702. The van der Waals surface area contributed by atoms with Crippen LogP contribution in [0.25, 0.3) is 0 Å². The number of carboxylic acids is 1. The second-order valence-electron chi connectivity index (χ2n) is 4.10. The molecule has 0 unspecified atom stereocenters. The van der Waals surface area contributed by atoms with Crippen molar-refractivity contribution in [3.8, 4) is 6.07 Å². The van der Waals surface area contributed by atoms with Crippen LogP contribution in [0.5, 0.6) is 0 Å². The van der Waals surface area contributed by atoms with E-state index in [0.29, 0.717) is 4.88 Å². The number of benzene rings is 1. The molecule has 1 aromatic carbocycles. The van der Waals surface area contributed by atoms with E-state index in [1.54, 1.807) is 12.1 Å².